The van der Waals surface area contributed by atoms with E-state index >= 15 is 0 Å². The average molecular weight is 457 g/mol. The van der Waals surface area contributed by atoms with Gasteiger partial charge in [0.05, 0.1) is 5.69 Å². The Morgan fingerprint density at radius 3 is 2.53 bits per heavy atom. The molecule has 5 rings (SSSR count). The highest BCUT2D eigenvalue weighted by molar-refractivity contribution is 6.12. The predicted octanol–water partition coefficient (Wildman–Crippen LogP) is 4.68. The Bertz CT molecular complexity index is 1410. The summed E-state index contributed by atoms with van der Waals surface area (Å²) in [5.74, 6) is -0.719. The summed E-state index contributed by atoms with van der Waals surface area (Å²) in [6.07, 6.45) is 1.54. The van der Waals surface area contributed by atoms with Crippen molar-refractivity contribution in [2.24, 2.45) is 5.73 Å². The van der Waals surface area contributed by atoms with Gasteiger partial charge in [-0.2, -0.15) is 5.06 Å². The molecule has 0 bridgehead atoms. The number of carbonyl (C=O) groups excluding carboxylic acids is 2. The number of hydroxylamine groups is 1. The van der Waals surface area contributed by atoms with E-state index in [1.165, 1.54) is 12.0 Å². The van der Waals surface area contributed by atoms with Gasteiger partial charge >= 0.3 is 5.97 Å². The van der Waals surface area contributed by atoms with Gasteiger partial charge in [0.15, 0.2) is 6.04 Å². The van der Waals surface area contributed by atoms with Crippen LogP contribution in [0, 0.1) is 0 Å². The van der Waals surface area contributed by atoms with Crippen LogP contribution in [-0.4, -0.2) is 23.0 Å². The fourth-order valence-corrected chi connectivity index (χ4v) is 5.09. The van der Waals surface area contributed by atoms with E-state index < -0.39 is 12.0 Å². The van der Waals surface area contributed by atoms with Gasteiger partial charge in [0.2, 0.25) is 0 Å². The third-order valence-corrected chi connectivity index (χ3v) is 6.40. The number of amides is 1. The van der Waals surface area contributed by atoms with Gasteiger partial charge in [-0.3, -0.25) is 9.59 Å². The number of hydrogen-bond acceptors (Lipinski definition) is 5. The second kappa shape index (κ2) is 8.83. The summed E-state index contributed by atoms with van der Waals surface area (Å²) >= 11 is 0. The van der Waals surface area contributed by atoms with Crippen molar-refractivity contribution in [2.75, 3.05) is 16.9 Å². The van der Waals surface area contributed by atoms with Crippen LogP contribution in [0.4, 0.5) is 11.4 Å². The minimum atomic E-state index is -0.832. The molecule has 7 heteroatoms. The summed E-state index contributed by atoms with van der Waals surface area (Å²) in [6.45, 7) is 4.77. The van der Waals surface area contributed by atoms with Crippen molar-refractivity contribution in [3.8, 4) is 0 Å². The Kier molecular flexibility index (Phi) is 5.71. The molecular weight excluding hydrogens is 428 g/mol. The Hall–Kier alpha value is -3.84. The van der Waals surface area contributed by atoms with Gasteiger partial charge in [0, 0.05) is 41.0 Å². The topological polar surface area (TPSA) is 89.6 Å². The largest absolute Gasteiger partial charge is 0.344 e. The summed E-state index contributed by atoms with van der Waals surface area (Å²) in [6, 6.07) is 18.9. The predicted molar refractivity (Wildman–Crippen MR) is 135 cm³/mol. The molecule has 1 amide bonds. The lowest BCUT2D eigenvalue weighted by Crippen LogP contribution is -2.43. The average Bonchev–Trinajstić information content (AvgIpc) is 3.15. The third-order valence-electron chi connectivity index (χ3n) is 6.40. The van der Waals surface area contributed by atoms with Crippen LogP contribution in [-0.2, 0) is 27.4 Å². The molecular formula is C27H28N4O3. The molecule has 1 atom stereocenters. The minimum absolute atomic E-state index is 0.236. The molecule has 1 aliphatic heterocycles. The molecule has 1 unspecified atom stereocenters. The Balaban J connectivity index is 1.79. The molecule has 34 heavy (non-hydrogen) atoms. The maximum Gasteiger partial charge on any atom is 0.329 e. The van der Waals surface area contributed by atoms with Crippen molar-refractivity contribution in [3.63, 3.8) is 0 Å². The number of carbonyl (C=O) groups is 2. The van der Waals surface area contributed by atoms with Gasteiger partial charge in [0.1, 0.15) is 5.69 Å². The summed E-state index contributed by atoms with van der Waals surface area (Å²) < 4.78 is 2.25. The van der Waals surface area contributed by atoms with Crippen LogP contribution in [0.15, 0.2) is 60.7 Å². The fraction of sp³-hybridized carbons (Fsp3) is 0.259. The van der Waals surface area contributed by atoms with E-state index in [1.54, 1.807) is 0 Å². The van der Waals surface area contributed by atoms with Gasteiger partial charge in [-0.15, -0.1) is 0 Å². The zero-order valence-corrected chi connectivity index (χ0v) is 19.4. The first kappa shape index (κ1) is 22.0. The number of nitrogens with one attached hydrogen (secondary N) is 1. The number of nitrogens with two attached hydrogens (primary N) is 1. The van der Waals surface area contributed by atoms with Crippen LogP contribution in [0.1, 0.15) is 37.6 Å². The number of aryl methyl sites for hydroxylation is 1. The quantitative estimate of drug-likeness (QED) is 0.440. The van der Waals surface area contributed by atoms with E-state index in [2.05, 4.69) is 22.9 Å². The van der Waals surface area contributed by atoms with E-state index in [0.717, 1.165) is 45.9 Å². The minimum Gasteiger partial charge on any atom is -0.344 e. The van der Waals surface area contributed by atoms with Crippen molar-refractivity contribution < 1.29 is 14.4 Å². The zero-order chi connectivity index (χ0) is 23.8. The highest BCUT2D eigenvalue weighted by Crippen LogP contribution is 2.46. The smallest absolute Gasteiger partial charge is 0.329 e. The molecule has 0 saturated heterocycles. The lowest BCUT2D eigenvalue weighted by molar-refractivity contribution is -0.144. The highest BCUT2D eigenvalue weighted by atomic mass is 16.7. The number of rotatable bonds is 6. The molecule has 0 spiro atoms. The van der Waals surface area contributed by atoms with Crippen LogP contribution in [0.5, 0.6) is 0 Å². The Morgan fingerprint density at radius 1 is 1.06 bits per heavy atom. The first-order valence-electron chi connectivity index (χ1n) is 11.7. The Labute approximate surface area is 198 Å². The van der Waals surface area contributed by atoms with Gasteiger partial charge < -0.3 is 20.5 Å². The number of anilines is 2. The van der Waals surface area contributed by atoms with E-state index in [-0.39, 0.29) is 5.91 Å². The van der Waals surface area contributed by atoms with Crippen molar-refractivity contribution in [1.82, 2.24) is 4.57 Å². The number of fused-ring (bicyclic) bond motifs is 4. The van der Waals surface area contributed by atoms with E-state index in [4.69, 9.17) is 10.6 Å². The number of nitrogens with zero attached hydrogens (tertiary/aromatic N) is 2. The van der Waals surface area contributed by atoms with Gasteiger partial charge in [-0.05, 0) is 36.9 Å². The Morgan fingerprint density at radius 2 is 1.79 bits per heavy atom. The third kappa shape index (κ3) is 3.49. The van der Waals surface area contributed by atoms with Gasteiger partial charge in [-0.25, -0.2) is 0 Å². The van der Waals surface area contributed by atoms with Crippen molar-refractivity contribution >= 4 is 44.9 Å². The maximum absolute atomic E-state index is 13.6. The van der Waals surface area contributed by atoms with Crippen molar-refractivity contribution in [2.45, 2.75) is 39.3 Å². The summed E-state index contributed by atoms with van der Waals surface area (Å²) in [7, 11) is 0. The van der Waals surface area contributed by atoms with Crippen LogP contribution < -0.4 is 16.1 Å². The highest BCUT2D eigenvalue weighted by Gasteiger charge is 2.41. The van der Waals surface area contributed by atoms with Crippen LogP contribution in [0.3, 0.4) is 0 Å². The molecule has 0 saturated carbocycles. The second-order valence-corrected chi connectivity index (χ2v) is 8.51. The van der Waals surface area contributed by atoms with Crippen molar-refractivity contribution in [3.05, 3.63) is 71.9 Å². The van der Waals surface area contributed by atoms with Crippen LogP contribution in [0.25, 0.3) is 21.7 Å². The van der Waals surface area contributed by atoms with Crippen LogP contribution in [0.2, 0.25) is 0 Å². The number of aromatic nitrogens is 1. The normalized spacial score (nSPS) is 15.4. The standard InChI is InChI=1S/C27H28N4O3/c1-3-22-24(20-11-6-7-12-23(20)30(22)16-8-15-28)26-27(33)29-21-14-13-18-9-4-5-10-19(18)25(21)31(26)34-17(2)32/h4-7,9-14,26H,3,8,15-16,28H2,1-2H3,(H,29,33). The molecule has 2 heterocycles. The molecule has 3 aromatic carbocycles. The molecule has 174 valence electrons. The number of para-hydroxylation sites is 1. The number of benzene rings is 3. The lowest BCUT2D eigenvalue weighted by Gasteiger charge is -2.37. The number of hydrogen-bond donors (Lipinski definition) is 2. The molecule has 7 nitrogen and oxygen atoms in total. The van der Waals surface area contributed by atoms with Gasteiger partial charge in [0.25, 0.3) is 5.91 Å². The lowest BCUT2D eigenvalue weighted by atomic mass is 9.96. The maximum atomic E-state index is 13.6. The monoisotopic (exact) mass is 456 g/mol. The molecule has 0 aliphatic carbocycles. The summed E-state index contributed by atoms with van der Waals surface area (Å²) in [5.41, 5.74) is 10.1. The fourth-order valence-electron chi connectivity index (χ4n) is 5.09. The molecule has 0 fully saturated rings. The van der Waals surface area contributed by atoms with Crippen molar-refractivity contribution in [1.29, 1.82) is 0 Å². The van der Waals surface area contributed by atoms with E-state index in [0.29, 0.717) is 24.3 Å². The first-order chi connectivity index (χ1) is 16.5. The first-order valence-corrected chi connectivity index (χ1v) is 11.7. The molecule has 1 aromatic heterocycles. The molecule has 4 aromatic rings. The molecule has 3 N–H and O–H groups in total. The zero-order valence-electron chi connectivity index (χ0n) is 19.4. The summed E-state index contributed by atoms with van der Waals surface area (Å²) in [4.78, 5) is 31.7. The van der Waals surface area contributed by atoms with E-state index in [9.17, 15) is 9.59 Å². The van der Waals surface area contributed by atoms with Crippen LogP contribution >= 0.6 is 0 Å². The molecule has 1 aliphatic rings. The second-order valence-electron chi connectivity index (χ2n) is 8.51. The summed E-state index contributed by atoms with van der Waals surface area (Å²) in [5, 5.41) is 7.44. The van der Waals surface area contributed by atoms with E-state index in [1.807, 2.05) is 54.6 Å². The van der Waals surface area contributed by atoms with Gasteiger partial charge in [-0.1, -0.05) is 55.5 Å². The SMILES string of the molecule is CCc1c(C2C(=O)Nc3ccc4ccccc4c3N2OC(C)=O)c2ccccc2n1CCCN. The molecule has 0 radical (unpaired) electrons.